The summed E-state index contributed by atoms with van der Waals surface area (Å²) in [6.07, 6.45) is 0. The van der Waals surface area contributed by atoms with E-state index in [1.807, 2.05) is 61.2 Å². The first-order valence-corrected chi connectivity index (χ1v) is 10.5. The van der Waals surface area contributed by atoms with E-state index in [2.05, 4.69) is 40.7 Å². The molecule has 2 aromatic carbocycles. The molecule has 0 bridgehead atoms. The Hall–Kier alpha value is -2.60. The third kappa shape index (κ3) is 4.44. The lowest BCUT2D eigenvalue weighted by molar-refractivity contribution is -0.116. The summed E-state index contributed by atoms with van der Waals surface area (Å²) >= 11 is 1.44. The van der Waals surface area contributed by atoms with Crippen molar-refractivity contribution >= 4 is 23.4 Å². The van der Waals surface area contributed by atoms with Crippen LogP contribution in [-0.4, -0.2) is 32.5 Å². The van der Waals surface area contributed by atoms with Crippen LogP contribution in [0.4, 0.5) is 5.69 Å². The summed E-state index contributed by atoms with van der Waals surface area (Å²) in [4.78, 5) is 14.8. The lowest BCUT2D eigenvalue weighted by Gasteiger charge is -2.26. The molecule has 0 spiro atoms. The van der Waals surface area contributed by atoms with Gasteiger partial charge in [-0.05, 0) is 45.9 Å². The number of hydrogen-bond donors (Lipinski definition) is 0. The number of nitrogens with zero attached hydrogens (tertiary/aromatic N) is 4. The minimum absolute atomic E-state index is 0.0639. The van der Waals surface area contributed by atoms with E-state index in [9.17, 15) is 4.79 Å². The molecule has 3 rings (SSSR count). The highest BCUT2D eigenvalue weighted by molar-refractivity contribution is 7.99. The topological polar surface area (TPSA) is 51.0 Å². The van der Waals surface area contributed by atoms with Crippen molar-refractivity contribution in [3.63, 3.8) is 0 Å². The summed E-state index contributed by atoms with van der Waals surface area (Å²) in [6.45, 7) is 8.94. The molecule has 3 aromatic rings. The lowest BCUT2D eigenvalue weighted by atomic mass is 10.1. The molecule has 0 radical (unpaired) electrons. The van der Waals surface area contributed by atoms with Crippen LogP contribution in [-0.2, 0) is 11.3 Å². The average molecular weight is 395 g/mol. The van der Waals surface area contributed by atoms with E-state index in [1.54, 1.807) is 0 Å². The first-order valence-electron chi connectivity index (χ1n) is 9.51. The number of anilines is 1. The van der Waals surface area contributed by atoms with Gasteiger partial charge in [-0.25, -0.2) is 0 Å². The fraction of sp³-hybridized carbons (Fsp3) is 0.318. The lowest BCUT2D eigenvalue weighted by Crippen LogP contribution is -2.38. The van der Waals surface area contributed by atoms with Gasteiger partial charge in [-0.3, -0.25) is 4.79 Å². The molecule has 0 unspecified atom stereocenters. The van der Waals surface area contributed by atoms with Gasteiger partial charge in [0.15, 0.2) is 11.0 Å². The van der Waals surface area contributed by atoms with Crippen molar-refractivity contribution in [2.75, 3.05) is 10.7 Å². The fourth-order valence-electron chi connectivity index (χ4n) is 3.19. The number of amides is 1. The maximum atomic E-state index is 12.9. The molecule has 0 aliphatic heterocycles. The van der Waals surface area contributed by atoms with Gasteiger partial charge in [0.05, 0.1) is 5.75 Å². The number of carbonyl (C=O) groups is 1. The second-order valence-electron chi connectivity index (χ2n) is 6.90. The molecule has 0 saturated carbocycles. The van der Waals surface area contributed by atoms with Crippen molar-refractivity contribution in [2.45, 2.75) is 45.4 Å². The molecule has 0 N–H and O–H groups in total. The maximum absolute atomic E-state index is 12.9. The van der Waals surface area contributed by atoms with Crippen LogP contribution in [0.15, 0.2) is 59.8 Å². The zero-order valence-electron chi connectivity index (χ0n) is 16.8. The number of aromatic nitrogens is 3. The maximum Gasteiger partial charge on any atom is 0.237 e. The van der Waals surface area contributed by atoms with Gasteiger partial charge >= 0.3 is 0 Å². The van der Waals surface area contributed by atoms with Crippen LogP contribution >= 0.6 is 11.8 Å². The molecule has 1 heterocycles. The van der Waals surface area contributed by atoms with Gasteiger partial charge in [0, 0.05) is 23.8 Å². The quantitative estimate of drug-likeness (QED) is 0.540. The molecule has 28 heavy (non-hydrogen) atoms. The summed E-state index contributed by atoms with van der Waals surface area (Å²) in [7, 11) is 0. The van der Waals surface area contributed by atoms with Gasteiger partial charge < -0.3 is 9.47 Å². The number of benzene rings is 2. The van der Waals surface area contributed by atoms with Gasteiger partial charge in [0.25, 0.3) is 0 Å². The first-order chi connectivity index (χ1) is 13.5. The van der Waals surface area contributed by atoms with E-state index >= 15 is 0 Å². The number of rotatable bonds is 7. The normalized spacial score (nSPS) is 11.0. The second kappa shape index (κ2) is 9.06. The zero-order valence-corrected chi connectivity index (χ0v) is 17.6. The average Bonchev–Trinajstić information content (AvgIpc) is 3.10. The standard InChI is InChI=1S/C22H26N4OS/c1-5-25-21(18-11-9-10-17(4)14-18)23-24-22(25)28-15-20(27)26(16(2)3)19-12-7-6-8-13-19/h6-14,16H,5,15H2,1-4H3. The molecular weight excluding hydrogens is 368 g/mol. The first kappa shape index (κ1) is 20.1. The highest BCUT2D eigenvalue weighted by Crippen LogP contribution is 2.26. The van der Waals surface area contributed by atoms with E-state index in [-0.39, 0.29) is 11.9 Å². The van der Waals surface area contributed by atoms with E-state index in [4.69, 9.17) is 0 Å². The number of hydrogen-bond acceptors (Lipinski definition) is 4. The molecule has 0 fully saturated rings. The second-order valence-corrected chi connectivity index (χ2v) is 7.84. The molecule has 0 saturated heterocycles. The Labute approximate surface area is 170 Å². The molecule has 1 amide bonds. The Balaban J connectivity index is 1.78. The van der Waals surface area contributed by atoms with Crippen LogP contribution in [0.1, 0.15) is 26.3 Å². The minimum atomic E-state index is 0.0639. The number of carbonyl (C=O) groups excluding carboxylic acids is 1. The van der Waals surface area contributed by atoms with E-state index in [1.165, 1.54) is 17.3 Å². The van der Waals surface area contributed by atoms with E-state index in [0.29, 0.717) is 5.75 Å². The van der Waals surface area contributed by atoms with Crippen molar-refractivity contribution in [3.8, 4) is 11.4 Å². The van der Waals surface area contributed by atoms with Crippen LogP contribution in [0, 0.1) is 6.92 Å². The third-order valence-electron chi connectivity index (χ3n) is 4.45. The van der Waals surface area contributed by atoms with Gasteiger partial charge in [0.2, 0.25) is 5.91 Å². The van der Waals surface area contributed by atoms with Gasteiger partial charge in [-0.15, -0.1) is 10.2 Å². The van der Waals surface area contributed by atoms with Crippen LogP contribution in [0.5, 0.6) is 0 Å². The fourth-order valence-corrected chi connectivity index (χ4v) is 4.05. The van der Waals surface area contributed by atoms with Crippen LogP contribution in [0.3, 0.4) is 0 Å². The molecule has 6 heteroatoms. The molecule has 0 aliphatic carbocycles. The predicted octanol–water partition coefficient (Wildman–Crippen LogP) is 4.81. The molecule has 5 nitrogen and oxygen atoms in total. The van der Waals surface area contributed by atoms with Crippen molar-refractivity contribution in [1.82, 2.24) is 14.8 Å². The van der Waals surface area contributed by atoms with Crippen molar-refractivity contribution < 1.29 is 4.79 Å². The van der Waals surface area contributed by atoms with E-state index < -0.39 is 0 Å². The summed E-state index contributed by atoms with van der Waals surface area (Å²) in [5.74, 6) is 1.22. The largest absolute Gasteiger partial charge is 0.309 e. The molecular formula is C22H26N4OS. The Morgan fingerprint density at radius 1 is 1.11 bits per heavy atom. The number of thioether (sulfide) groups is 1. The SMILES string of the molecule is CCn1c(SCC(=O)N(c2ccccc2)C(C)C)nnc1-c1cccc(C)c1. The highest BCUT2D eigenvalue weighted by atomic mass is 32.2. The predicted molar refractivity (Wildman–Crippen MR) is 116 cm³/mol. The Morgan fingerprint density at radius 2 is 1.86 bits per heavy atom. The molecule has 146 valence electrons. The Bertz CT molecular complexity index is 937. The van der Waals surface area contributed by atoms with Crippen molar-refractivity contribution in [3.05, 3.63) is 60.2 Å². The Morgan fingerprint density at radius 3 is 2.50 bits per heavy atom. The van der Waals surface area contributed by atoms with Crippen LogP contribution in [0.2, 0.25) is 0 Å². The third-order valence-corrected chi connectivity index (χ3v) is 5.41. The van der Waals surface area contributed by atoms with Crippen molar-refractivity contribution in [2.24, 2.45) is 0 Å². The highest BCUT2D eigenvalue weighted by Gasteiger charge is 2.21. The van der Waals surface area contributed by atoms with Crippen LogP contribution in [0.25, 0.3) is 11.4 Å². The van der Waals surface area contributed by atoms with Crippen LogP contribution < -0.4 is 4.90 Å². The zero-order chi connectivity index (χ0) is 20.1. The summed E-state index contributed by atoms with van der Waals surface area (Å²) < 4.78 is 2.06. The number of para-hydroxylation sites is 1. The molecule has 1 aromatic heterocycles. The smallest absolute Gasteiger partial charge is 0.237 e. The number of aryl methyl sites for hydroxylation is 1. The Kier molecular flexibility index (Phi) is 6.52. The molecule has 0 atom stereocenters. The van der Waals surface area contributed by atoms with Gasteiger partial charge in [-0.1, -0.05) is 53.7 Å². The monoisotopic (exact) mass is 394 g/mol. The van der Waals surface area contributed by atoms with Gasteiger partial charge in [0.1, 0.15) is 0 Å². The summed E-state index contributed by atoms with van der Waals surface area (Å²) in [5, 5.41) is 9.50. The summed E-state index contributed by atoms with van der Waals surface area (Å²) in [6, 6.07) is 18.1. The minimum Gasteiger partial charge on any atom is -0.309 e. The van der Waals surface area contributed by atoms with Gasteiger partial charge in [-0.2, -0.15) is 0 Å². The van der Waals surface area contributed by atoms with E-state index in [0.717, 1.165) is 28.8 Å². The summed E-state index contributed by atoms with van der Waals surface area (Å²) in [5.41, 5.74) is 3.14. The van der Waals surface area contributed by atoms with Crippen molar-refractivity contribution in [1.29, 1.82) is 0 Å². The molecule has 0 aliphatic rings.